The van der Waals surface area contributed by atoms with Gasteiger partial charge in [0.05, 0.1) is 10.9 Å². The minimum absolute atomic E-state index is 0.161. The molecule has 0 atom stereocenters. The van der Waals surface area contributed by atoms with E-state index in [1.54, 1.807) is 10.7 Å². The Labute approximate surface area is 128 Å². The Morgan fingerprint density at radius 1 is 1.48 bits per heavy atom. The molecule has 7 nitrogen and oxygen atoms in total. The summed E-state index contributed by atoms with van der Waals surface area (Å²) >= 11 is 3.41. The Kier molecular flexibility index (Phi) is 3.61. The van der Waals surface area contributed by atoms with Gasteiger partial charge in [0.1, 0.15) is 6.26 Å². The number of halogens is 1. The van der Waals surface area contributed by atoms with E-state index in [1.165, 1.54) is 6.26 Å². The van der Waals surface area contributed by atoms with E-state index < -0.39 is 0 Å². The monoisotopic (exact) mass is 350 g/mol. The number of amides is 1. The van der Waals surface area contributed by atoms with Gasteiger partial charge >= 0.3 is 0 Å². The second-order valence-corrected chi connectivity index (χ2v) is 5.23. The van der Waals surface area contributed by atoms with Gasteiger partial charge in [-0.05, 0) is 18.2 Å². The van der Waals surface area contributed by atoms with Crippen molar-refractivity contribution in [1.29, 1.82) is 0 Å². The van der Waals surface area contributed by atoms with Crippen molar-refractivity contribution in [3.8, 4) is 5.88 Å². The van der Waals surface area contributed by atoms with E-state index in [-0.39, 0.29) is 12.5 Å². The third kappa shape index (κ3) is 2.89. The SMILES string of the molecule is Cn1nc(OCC(=O)Nc2ccon2)c2cc(Br)ccc21. The van der Waals surface area contributed by atoms with Gasteiger partial charge in [-0.2, -0.15) is 0 Å². The molecule has 0 aliphatic rings. The van der Waals surface area contributed by atoms with Gasteiger partial charge in [-0.25, -0.2) is 0 Å². The van der Waals surface area contributed by atoms with Crippen LogP contribution in [0.5, 0.6) is 5.88 Å². The highest BCUT2D eigenvalue weighted by atomic mass is 79.9. The molecule has 3 aromatic rings. The Balaban J connectivity index is 1.73. The molecule has 0 spiro atoms. The molecule has 0 radical (unpaired) electrons. The van der Waals surface area contributed by atoms with Gasteiger partial charge in [0, 0.05) is 17.6 Å². The first kappa shape index (κ1) is 13.6. The van der Waals surface area contributed by atoms with Gasteiger partial charge in [-0.1, -0.05) is 21.1 Å². The van der Waals surface area contributed by atoms with Crippen LogP contribution in [-0.4, -0.2) is 27.5 Å². The highest BCUT2D eigenvalue weighted by Gasteiger charge is 2.12. The van der Waals surface area contributed by atoms with E-state index >= 15 is 0 Å². The molecule has 0 saturated carbocycles. The molecule has 2 heterocycles. The number of carbonyl (C=O) groups is 1. The fraction of sp³-hybridized carbons (Fsp3) is 0.154. The van der Waals surface area contributed by atoms with E-state index in [4.69, 9.17) is 4.74 Å². The molecular formula is C13H11BrN4O3. The number of anilines is 1. The van der Waals surface area contributed by atoms with E-state index in [9.17, 15) is 4.79 Å². The first-order chi connectivity index (χ1) is 10.1. The minimum atomic E-state index is -0.335. The molecule has 3 rings (SSSR count). The molecule has 1 N–H and O–H groups in total. The van der Waals surface area contributed by atoms with Gasteiger partial charge in [0.15, 0.2) is 12.4 Å². The van der Waals surface area contributed by atoms with Gasteiger partial charge < -0.3 is 14.6 Å². The van der Waals surface area contributed by atoms with Crippen molar-refractivity contribution in [3.63, 3.8) is 0 Å². The van der Waals surface area contributed by atoms with Crippen molar-refractivity contribution in [2.24, 2.45) is 7.05 Å². The molecule has 0 aliphatic carbocycles. The quantitative estimate of drug-likeness (QED) is 0.780. The van der Waals surface area contributed by atoms with Crippen molar-refractivity contribution in [2.45, 2.75) is 0 Å². The predicted molar refractivity (Wildman–Crippen MR) is 79.0 cm³/mol. The fourth-order valence-electron chi connectivity index (χ4n) is 1.90. The van der Waals surface area contributed by atoms with E-state index in [0.29, 0.717) is 11.7 Å². The largest absolute Gasteiger partial charge is 0.466 e. The summed E-state index contributed by atoms with van der Waals surface area (Å²) in [6.45, 7) is -0.161. The summed E-state index contributed by atoms with van der Waals surface area (Å²) < 4.78 is 12.7. The van der Waals surface area contributed by atoms with Gasteiger partial charge in [0.2, 0.25) is 5.88 Å². The van der Waals surface area contributed by atoms with Crippen LogP contribution in [0.1, 0.15) is 0 Å². The van der Waals surface area contributed by atoms with Crippen LogP contribution in [-0.2, 0) is 11.8 Å². The number of hydrogen-bond acceptors (Lipinski definition) is 5. The third-order valence-corrected chi connectivity index (χ3v) is 3.32. The molecule has 108 valence electrons. The third-order valence-electron chi connectivity index (χ3n) is 2.82. The summed E-state index contributed by atoms with van der Waals surface area (Å²) in [5, 5.41) is 11.2. The summed E-state index contributed by atoms with van der Waals surface area (Å²) in [4.78, 5) is 11.7. The van der Waals surface area contributed by atoms with Crippen molar-refractivity contribution in [2.75, 3.05) is 11.9 Å². The van der Waals surface area contributed by atoms with Crippen LogP contribution in [0.15, 0.2) is 39.5 Å². The lowest BCUT2D eigenvalue weighted by atomic mass is 10.2. The normalized spacial score (nSPS) is 10.8. The first-order valence-corrected chi connectivity index (χ1v) is 6.88. The zero-order chi connectivity index (χ0) is 14.8. The van der Waals surface area contributed by atoms with Gasteiger partial charge in [-0.15, -0.1) is 5.10 Å². The number of carbonyl (C=O) groups excluding carboxylic acids is 1. The smallest absolute Gasteiger partial charge is 0.263 e. The maximum Gasteiger partial charge on any atom is 0.263 e. The zero-order valence-corrected chi connectivity index (χ0v) is 12.6. The summed E-state index contributed by atoms with van der Waals surface area (Å²) in [6, 6.07) is 7.29. The lowest BCUT2D eigenvalue weighted by Crippen LogP contribution is -2.20. The molecule has 0 saturated heterocycles. The van der Waals surface area contributed by atoms with E-state index in [1.807, 2.05) is 25.2 Å². The van der Waals surface area contributed by atoms with Crippen molar-refractivity contribution >= 4 is 38.6 Å². The molecular weight excluding hydrogens is 340 g/mol. The summed E-state index contributed by atoms with van der Waals surface area (Å²) in [5.74, 6) is 0.416. The lowest BCUT2D eigenvalue weighted by molar-refractivity contribution is -0.118. The Hall–Kier alpha value is -2.35. The number of nitrogens with zero attached hydrogens (tertiary/aromatic N) is 3. The fourth-order valence-corrected chi connectivity index (χ4v) is 2.26. The van der Waals surface area contributed by atoms with Crippen LogP contribution < -0.4 is 10.1 Å². The second kappa shape index (κ2) is 5.57. The van der Waals surface area contributed by atoms with Crippen LogP contribution in [0.4, 0.5) is 5.82 Å². The van der Waals surface area contributed by atoms with Crippen molar-refractivity contribution in [1.82, 2.24) is 14.9 Å². The number of rotatable bonds is 4. The Morgan fingerprint density at radius 3 is 3.10 bits per heavy atom. The molecule has 21 heavy (non-hydrogen) atoms. The predicted octanol–water partition coefficient (Wildman–Crippen LogP) is 2.34. The number of fused-ring (bicyclic) bond motifs is 1. The number of nitrogens with one attached hydrogen (secondary N) is 1. The molecule has 1 amide bonds. The van der Waals surface area contributed by atoms with Crippen LogP contribution in [0.3, 0.4) is 0 Å². The molecule has 0 bridgehead atoms. The van der Waals surface area contributed by atoms with Gasteiger partial charge in [0.25, 0.3) is 5.91 Å². The van der Waals surface area contributed by atoms with Crippen LogP contribution in [0.25, 0.3) is 10.9 Å². The first-order valence-electron chi connectivity index (χ1n) is 6.09. The lowest BCUT2D eigenvalue weighted by Gasteiger charge is -2.03. The van der Waals surface area contributed by atoms with Gasteiger partial charge in [-0.3, -0.25) is 9.48 Å². The average Bonchev–Trinajstić information content (AvgIpc) is 3.05. The summed E-state index contributed by atoms with van der Waals surface area (Å²) in [5.41, 5.74) is 0.921. The highest BCUT2D eigenvalue weighted by molar-refractivity contribution is 9.10. The number of ether oxygens (including phenoxy) is 1. The van der Waals surface area contributed by atoms with E-state index in [0.717, 1.165) is 15.4 Å². The zero-order valence-electron chi connectivity index (χ0n) is 11.0. The summed E-state index contributed by atoms with van der Waals surface area (Å²) in [6.07, 6.45) is 1.38. The number of benzene rings is 1. The summed E-state index contributed by atoms with van der Waals surface area (Å²) in [7, 11) is 1.82. The molecule has 2 aromatic heterocycles. The number of hydrogen-bond donors (Lipinski definition) is 1. The van der Waals surface area contributed by atoms with Crippen LogP contribution in [0, 0.1) is 0 Å². The highest BCUT2D eigenvalue weighted by Crippen LogP contribution is 2.27. The molecule has 1 aromatic carbocycles. The topological polar surface area (TPSA) is 82.2 Å². The standard InChI is InChI=1S/C13H11BrN4O3/c1-18-10-3-2-8(14)6-9(10)13(16-18)20-7-12(19)15-11-4-5-21-17-11/h2-6H,7H2,1H3,(H,15,17,19). The van der Waals surface area contributed by atoms with Crippen molar-refractivity contribution in [3.05, 3.63) is 35.0 Å². The molecule has 0 unspecified atom stereocenters. The van der Waals surface area contributed by atoms with Crippen LogP contribution in [0.2, 0.25) is 0 Å². The molecule has 0 fully saturated rings. The van der Waals surface area contributed by atoms with E-state index in [2.05, 4.69) is 36.0 Å². The maximum atomic E-state index is 11.7. The Morgan fingerprint density at radius 2 is 2.33 bits per heavy atom. The van der Waals surface area contributed by atoms with Crippen LogP contribution >= 0.6 is 15.9 Å². The second-order valence-electron chi connectivity index (χ2n) is 4.31. The molecule has 8 heteroatoms. The number of aryl methyl sites for hydroxylation is 1. The number of aromatic nitrogens is 3. The van der Waals surface area contributed by atoms with Crippen molar-refractivity contribution < 1.29 is 14.1 Å². The average molecular weight is 351 g/mol. The molecule has 0 aliphatic heterocycles. The Bertz CT molecular complexity index is 782. The minimum Gasteiger partial charge on any atom is -0.466 e. The maximum absolute atomic E-state index is 11.7.